The van der Waals surface area contributed by atoms with E-state index in [2.05, 4.69) is 10.7 Å². The van der Waals surface area contributed by atoms with Gasteiger partial charge in [-0.1, -0.05) is 12.8 Å². The van der Waals surface area contributed by atoms with Crippen LogP contribution in [0.25, 0.3) is 0 Å². The van der Waals surface area contributed by atoms with Gasteiger partial charge in [0.05, 0.1) is 0 Å². The van der Waals surface area contributed by atoms with Gasteiger partial charge in [0.25, 0.3) is 0 Å². The number of primary amides is 1. The van der Waals surface area contributed by atoms with Crippen LogP contribution in [0.5, 0.6) is 0 Å². The Hall–Kier alpha value is -1.46. The highest BCUT2D eigenvalue weighted by Gasteiger charge is 2.16. The molecule has 6 heteroatoms. The fourth-order valence-electron chi connectivity index (χ4n) is 1.41. The standard InChI is InChI=1S/C7H14N4O2/c8-6(12)10-11-7(13)9-5-3-1-2-4-5/h5H,1-4H2,(H3,8,10,12)(H2,9,11,13). The Morgan fingerprint density at radius 3 is 2.31 bits per heavy atom. The summed E-state index contributed by atoms with van der Waals surface area (Å²) in [5.74, 6) is 0. The quantitative estimate of drug-likeness (QED) is 0.427. The predicted octanol–water partition coefficient (Wildman–Crippen LogP) is -0.189. The Kier molecular flexibility index (Phi) is 3.36. The van der Waals surface area contributed by atoms with E-state index in [1.54, 1.807) is 0 Å². The SMILES string of the molecule is NC(=O)NNC(=O)NC1CCCC1. The molecule has 0 unspecified atom stereocenters. The molecule has 0 spiro atoms. The van der Waals surface area contributed by atoms with Gasteiger partial charge in [-0.2, -0.15) is 0 Å². The van der Waals surface area contributed by atoms with Crippen LogP contribution in [-0.4, -0.2) is 18.1 Å². The second kappa shape index (κ2) is 4.54. The molecule has 0 aromatic carbocycles. The van der Waals surface area contributed by atoms with Crippen LogP contribution in [0.15, 0.2) is 0 Å². The highest BCUT2D eigenvalue weighted by atomic mass is 16.2. The molecule has 0 atom stereocenters. The van der Waals surface area contributed by atoms with Crippen molar-refractivity contribution in [1.29, 1.82) is 0 Å². The average molecular weight is 186 g/mol. The second-order valence-corrected chi connectivity index (χ2v) is 3.07. The van der Waals surface area contributed by atoms with Gasteiger partial charge in [-0.05, 0) is 12.8 Å². The third kappa shape index (κ3) is 3.64. The van der Waals surface area contributed by atoms with Crippen molar-refractivity contribution in [3.8, 4) is 0 Å². The van der Waals surface area contributed by atoms with Crippen LogP contribution >= 0.6 is 0 Å². The molecular formula is C7H14N4O2. The molecular weight excluding hydrogens is 172 g/mol. The summed E-state index contributed by atoms with van der Waals surface area (Å²) in [7, 11) is 0. The Balaban J connectivity index is 2.13. The van der Waals surface area contributed by atoms with Crippen molar-refractivity contribution in [3.05, 3.63) is 0 Å². The molecule has 0 aromatic heterocycles. The number of hydrogen-bond donors (Lipinski definition) is 4. The highest BCUT2D eigenvalue weighted by molar-refractivity contribution is 5.79. The largest absolute Gasteiger partial charge is 0.350 e. The molecule has 1 rings (SSSR count). The zero-order valence-electron chi connectivity index (χ0n) is 7.30. The van der Waals surface area contributed by atoms with Crippen LogP contribution in [-0.2, 0) is 0 Å². The monoisotopic (exact) mass is 186 g/mol. The molecule has 13 heavy (non-hydrogen) atoms. The lowest BCUT2D eigenvalue weighted by molar-refractivity contribution is 0.225. The maximum atomic E-state index is 11.0. The first-order valence-corrected chi connectivity index (χ1v) is 4.30. The van der Waals surface area contributed by atoms with E-state index >= 15 is 0 Å². The first-order chi connectivity index (χ1) is 6.18. The van der Waals surface area contributed by atoms with Crippen LogP contribution in [0.3, 0.4) is 0 Å². The van der Waals surface area contributed by atoms with E-state index in [0.29, 0.717) is 0 Å². The van der Waals surface area contributed by atoms with E-state index in [0.717, 1.165) is 25.7 Å². The number of hydrogen-bond acceptors (Lipinski definition) is 2. The maximum absolute atomic E-state index is 11.0. The van der Waals surface area contributed by atoms with Gasteiger partial charge in [-0.15, -0.1) is 0 Å². The van der Waals surface area contributed by atoms with Gasteiger partial charge in [0, 0.05) is 6.04 Å². The number of hydrazine groups is 1. The summed E-state index contributed by atoms with van der Waals surface area (Å²) in [5.41, 5.74) is 8.89. The fourth-order valence-corrected chi connectivity index (χ4v) is 1.41. The topological polar surface area (TPSA) is 96.2 Å². The summed E-state index contributed by atoms with van der Waals surface area (Å²) < 4.78 is 0. The van der Waals surface area contributed by atoms with Crippen molar-refractivity contribution in [2.75, 3.05) is 0 Å². The van der Waals surface area contributed by atoms with E-state index in [1.165, 1.54) is 0 Å². The number of rotatable bonds is 1. The molecule has 74 valence electrons. The third-order valence-electron chi connectivity index (χ3n) is 1.99. The number of amides is 4. The van der Waals surface area contributed by atoms with E-state index in [-0.39, 0.29) is 6.04 Å². The normalized spacial score (nSPS) is 16.6. The minimum absolute atomic E-state index is 0.231. The van der Waals surface area contributed by atoms with Gasteiger partial charge in [0.15, 0.2) is 0 Å². The van der Waals surface area contributed by atoms with Crippen molar-refractivity contribution in [1.82, 2.24) is 16.2 Å². The van der Waals surface area contributed by atoms with Crippen LogP contribution < -0.4 is 21.9 Å². The first kappa shape index (κ1) is 9.63. The molecule has 1 fully saturated rings. The predicted molar refractivity (Wildman–Crippen MR) is 46.6 cm³/mol. The summed E-state index contributed by atoms with van der Waals surface area (Å²) in [5, 5.41) is 2.71. The van der Waals surface area contributed by atoms with Crippen LogP contribution in [0.4, 0.5) is 9.59 Å². The van der Waals surface area contributed by atoms with Crippen molar-refractivity contribution in [2.45, 2.75) is 31.7 Å². The van der Waals surface area contributed by atoms with Gasteiger partial charge >= 0.3 is 12.1 Å². The number of carbonyl (C=O) groups excluding carboxylic acids is 2. The number of carbonyl (C=O) groups is 2. The molecule has 0 bridgehead atoms. The van der Waals surface area contributed by atoms with Crippen molar-refractivity contribution in [3.63, 3.8) is 0 Å². The summed E-state index contributed by atoms with van der Waals surface area (Å²) in [6.07, 6.45) is 4.30. The molecule has 4 amide bonds. The summed E-state index contributed by atoms with van der Waals surface area (Å²) in [6, 6.07) is -0.957. The molecule has 0 aromatic rings. The minimum atomic E-state index is -0.776. The Labute approximate surface area is 76.2 Å². The van der Waals surface area contributed by atoms with E-state index in [1.807, 2.05) is 5.43 Å². The number of nitrogens with one attached hydrogen (secondary N) is 3. The van der Waals surface area contributed by atoms with E-state index in [4.69, 9.17) is 5.73 Å². The van der Waals surface area contributed by atoms with Gasteiger partial charge < -0.3 is 11.1 Å². The smallest absolute Gasteiger partial charge is 0.333 e. The highest BCUT2D eigenvalue weighted by Crippen LogP contribution is 2.17. The lowest BCUT2D eigenvalue weighted by atomic mass is 10.3. The zero-order chi connectivity index (χ0) is 9.68. The van der Waals surface area contributed by atoms with Gasteiger partial charge in [-0.25, -0.2) is 20.4 Å². The minimum Gasteiger partial charge on any atom is -0.350 e. The molecule has 5 N–H and O–H groups in total. The molecule has 1 saturated carbocycles. The van der Waals surface area contributed by atoms with Crippen LogP contribution in [0.1, 0.15) is 25.7 Å². The second-order valence-electron chi connectivity index (χ2n) is 3.07. The van der Waals surface area contributed by atoms with Gasteiger partial charge in [0.2, 0.25) is 0 Å². The van der Waals surface area contributed by atoms with E-state index < -0.39 is 12.1 Å². The van der Waals surface area contributed by atoms with Crippen LogP contribution in [0.2, 0.25) is 0 Å². The van der Waals surface area contributed by atoms with E-state index in [9.17, 15) is 9.59 Å². The maximum Gasteiger partial charge on any atom is 0.333 e. The van der Waals surface area contributed by atoms with Crippen molar-refractivity contribution < 1.29 is 9.59 Å². The molecule has 6 nitrogen and oxygen atoms in total. The molecule has 0 saturated heterocycles. The lowest BCUT2D eigenvalue weighted by Crippen LogP contribution is -2.50. The third-order valence-corrected chi connectivity index (χ3v) is 1.99. The molecule has 0 aliphatic heterocycles. The molecule has 0 radical (unpaired) electrons. The first-order valence-electron chi connectivity index (χ1n) is 4.30. The summed E-state index contributed by atoms with van der Waals surface area (Å²) in [4.78, 5) is 21.2. The summed E-state index contributed by atoms with van der Waals surface area (Å²) >= 11 is 0. The Morgan fingerprint density at radius 1 is 1.15 bits per heavy atom. The Bertz CT molecular complexity index is 201. The number of urea groups is 2. The van der Waals surface area contributed by atoms with Gasteiger partial charge in [-0.3, -0.25) is 0 Å². The molecule has 0 heterocycles. The fraction of sp³-hybridized carbons (Fsp3) is 0.714. The van der Waals surface area contributed by atoms with Crippen molar-refractivity contribution in [2.24, 2.45) is 5.73 Å². The number of nitrogens with two attached hydrogens (primary N) is 1. The lowest BCUT2D eigenvalue weighted by Gasteiger charge is -2.12. The van der Waals surface area contributed by atoms with Crippen LogP contribution in [0, 0.1) is 0 Å². The Morgan fingerprint density at radius 2 is 1.77 bits per heavy atom. The average Bonchev–Trinajstić information content (AvgIpc) is 2.53. The molecule has 1 aliphatic rings. The molecule has 1 aliphatic carbocycles. The summed E-state index contributed by atoms with van der Waals surface area (Å²) in [6.45, 7) is 0. The van der Waals surface area contributed by atoms with Gasteiger partial charge in [0.1, 0.15) is 0 Å². The zero-order valence-corrected chi connectivity index (χ0v) is 7.30. The van der Waals surface area contributed by atoms with Crippen molar-refractivity contribution >= 4 is 12.1 Å².